The molecule has 0 saturated carbocycles. The number of hydrogen-bond donors (Lipinski definition) is 2. The lowest BCUT2D eigenvalue weighted by Crippen LogP contribution is -2.20. The molecule has 30 heavy (non-hydrogen) atoms. The van der Waals surface area contributed by atoms with E-state index >= 15 is 0 Å². The molecule has 0 aliphatic rings. The van der Waals surface area contributed by atoms with Crippen molar-refractivity contribution in [3.8, 4) is 11.4 Å². The van der Waals surface area contributed by atoms with Crippen LogP contribution in [0.25, 0.3) is 11.4 Å². The van der Waals surface area contributed by atoms with Crippen molar-refractivity contribution in [1.29, 1.82) is 0 Å². The Balaban J connectivity index is 1.47. The van der Waals surface area contributed by atoms with Crippen LogP contribution in [0.4, 0.5) is 20.6 Å². The smallest absolute Gasteiger partial charge is 0.323 e. The average Bonchev–Trinajstić information content (AvgIpc) is 3.20. The number of anilines is 2. The Labute approximate surface area is 177 Å². The molecule has 8 heteroatoms. The van der Waals surface area contributed by atoms with Gasteiger partial charge < -0.3 is 15.2 Å². The molecule has 4 rings (SSSR count). The van der Waals surface area contributed by atoms with Gasteiger partial charge in [-0.2, -0.15) is 0 Å². The minimum atomic E-state index is -0.563. The summed E-state index contributed by atoms with van der Waals surface area (Å²) in [5.74, 6) is 0.261. The number of nitrogens with zero attached hydrogens (tertiary/aromatic N) is 3. The summed E-state index contributed by atoms with van der Waals surface area (Å²) in [6.45, 7) is 0.567. The summed E-state index contributed by atoms with van der Waals surface area (Å²) in [6, 6.07) is 14.6. The zero-order valence-corrected chi connectivity index (χ0v) is 16.5. The number of hydrogen-bond acceptors (Lipinski definition) is 3. The number of carbonyl (C=O) groups is 1. The number of benzene rings is 2. The lowest BCUT2D eigenvalue weighted by molar-refractivity contribution is 0.262. The Morgan fingerprint density at radius 1 is 1.03 bits per heavy atom. The quantitative estimate of drug-likeness (QED) is 0.451. The maximum absolute atomic E-state index is 13.8. The molecular formula is C22H17ClFN5O. The summed E-state index contributed by atoms with van der Waals surface area (Å²) in [5, 5.41) is 5.51. The fourth-order valence-corrected chi connectivity index (χ4v) is 3.19. The van der Waals surface area contributed by atoms with Crippen molar-refractivity contribution >= 4 is 29.0 Å². The first-order valence-corrected chi connectivity index (χ1v) is 9.50. The average molecular weight is 422 g/mol. The molecule has 0 atom stereocenters. The zero-order chi connectivity index (χ0) is 20.9. The summed E-state index contributed by atoms with van der Waals surface area (Å²) in [6.07, 6.45) is 7.08. The van der Waals surface area contributed by atoms with Gasteiger partial charge in [-0.15, -0.1) is 0 Å². The van der Waals surface area contributed by atoms with Crippen molar-refractivity contribution in [3.05, 3.63) is 95.8 Å². The van der Waals surface area contributed by atoms with E-state index in [1.54, 1.807) is 24.7 Å². The molecular weight excluding hydrogens is 405 g/mol. The predicted molar refractivity (Wildman–Crippen MR) is 115 cm³/mol. The van der Waals surface area contributed by atoms with Crippen molar-refractivity contribution in [2.75, 3.05) is 10.6 Å². The first-order chi connectivity index (χ1) is 14.6. The van der Waals surface area contributed by atoms with Gasteiger partial charge in [0.25, 0.3) is 0 Å². The normalized spacial score (nSPS) is 10.6. The van der Waals surface area contributed by atoms with Crippen molar-refractivity contribution in [2.45, 2.75) is 6.54 Å². The molecule has 4 aromatic rings. The van der Waals surface area contributed by atoms with Gasteiger partial charge in [-0.1, -0.05) is 23.7 Å². The van der Waals surface area contributed by atoms with Crippen LogP contribution >= 0.6 is 11.6 Å². The van der Waals surface area contributed by atoms with E-state index in [9.17, 15) is 9.18 Å². The molecule has 2 aromatic heterocycles. The third-order valence-electron chi connectivity index (χ3n) is 4.37. The third-order valence-corrected chi connectivity index (χ3v) is 4.60. The predicted octanol–water partition coefficient (Wildman–Crippen LogP) is 5.43. The number of carbonyl (C=O) groups excluding carboxylic acids is 1. The number of nitrogens with one attached hydrogen (secondary N) is 2. The van der Waals surface area contributed by atoms with E-state index in [2.05, 4.69) is 20.6 Å². The molecule has 0 unspecified atom stereocenters. The second-order valence-electron chi connectivity index (χ2n) is 6.52. The van der Waals surface area contributed by atoms with Gasteiger partial charge in [0.15, 0.2) is 0 Å². The van der Waals surface area contributed by atoms with Gasteiger partial charge in [-0.25, -0.2) is 14.2 Å². The summed E-state index contributed by atoms with van der Waals surface area (Å²) in [4.78, 5) is 20.7. The molecule has 0 radical (unpaired) electrons. The second kappa shape index (κ2) is 8.75. The summed E-state index contributed by atoms with van der Waals surface area (Å²) >= 11 is 5.86. The third kappa shape index (κ3) is 4.64. The summed E-state index contributed by atoms with van der Waals surface area (Å²) in [5.41, 5.74) is 2.52. The molecule has 0 aliphatic carbocycles. The number of aromatic nitrogens is 3. The topological polar surface area (TPSA) is 71.8 Å². The van der Waals surface area contributed by atoms with E-state index in [1.165, 1.54) is 18.2 Å². The van der Waals surface area contributed by atoms with Crippen LogP contribution in [0.5, 0.6) is 0 Å². The van der Waals surface area contributed by atoms with Crippen molar-refractivity contribution < 1.29 is 9.18 Å². The molecule has 2 heterocycles. The Bertz CT molecular complexity index is 1180. The molecule has 6 nitrogen and oxygen atoms in total. The molecule has 0 bridgehead atoms. The molecule has 0 spiro atoms. The number of rotatable bonds is 5. The zero-order valence-electron chi connectivity index (χ0n) is 15.7. The van der Waals surface area contributed by atoms with Crippen LogP contribution in [-0.4, -0.2) is 20.6 Å². The van der Waals surface area contributed by atoms with Crippen LogP contribution in [0, 0.1) is 5.82 Å². The molecule has 2 N–H and O–H groups in total. The van der Waals surface area contributed by atoms with E-state index in [0.717, 1.165) is 17.0 Å². The number of imidazole rings is 1. The van der Waals surface area contributed by atoms with Gasteiger partial charge in [0.1, 0.15) is 11.6 Å². The summed E-state index contributed by atoms with van der Waals surface area (Å²) in [7, 11) is 0. The second-order valence-corrected chi connectivity index (χ2v) is 6.95. The Kier molecular flexibility index (Phi) is 5.72. The van der Waals surface area contributed by atoms with Crippen LogP contribution in [0.2, 0.25) is 5.02 Å². The molecule has 0 aliphatic heterocycles. The highest BCUT2D eigenvalue weighted by atomic mass is 35.5. The number of pyridine rings is 1. The van der Waals surface area contributed by atoms with Crippen LogP contribution < -0.4 is 10.6 Å². The minimum Gasteiger partial charge on any atom is -0.327 e. The highest BCUT2D eigenvalue weighted by Gasteiger charge is 2.10. The Hall–Kier alpha value is -3.71. The Morgan fingerprint density at radius 3 is 2.70 bits per heavy atom. The maximum atomic E-state index is 13.8. The van der Waals surface area contributed by atoms with E-state index in [0.29, 0.717) is 17.3 Å². The van der Waals surface area contributed by atoms with E-state index < -0.39 is 11.8 Å². The lowest BCUT2D eigenvalue weighted by Gasteiger charge is -2.11. The summed E-state index contributed by atoms with van der Waals surface area (Å²) < 4.78 is 15.8. The van der Waals surface area contributed by atoms with E-state index in [4.69, 9.17) is 11.6 Å². The molecule has 0 fully saturated rings. The largest absolute Gasteiger partial charge is 0.327 e. The van der Waals surface area contributed by atoms with Gasteiger partial charge in [0, 0.05) is 47.6 Å². The molecule has 2 amide bonds. The first kappa shape index (κ1) is 19.6. The van der Waals surface area contributed by atoms with Gasteiger partial charge in [-0.3, -0.25) is 4.98 Å². The van der Waals surface area contributed by atoms with Crippen LogP contribution in [0.1, 0.15) is 5.56 Å². The van der Waals surface area contributed by atoms with Gasteiger partial charge in [0.05, 0.1) is 5.69 Å². The van der Waals surface area contributed by atoms with Crippen LogP contribution in [0.3, 0.4) is 0 Å². The maximum Gasteiger partial charge on any atom is 0.323 e. The highest BCUT2D eigenvalue weighted by molar-refractivity contribution is 6.30. The number of amides is 2. The van der Waals surface area contributed by atoms with Gasteiger partial charge >= 0.3 is 6.03 Å². The highest BCUT2D eigenvalue weighted by Crippen LogP contribution is 2.21. The fraction of sp³-hybridized carbons (Fsp3) is 0.0455. The van der Waals surface area contributed by atoms with Crippen molar-refractivity contribution in [1.82, 2.24) is 14.5 Å². The van der Waals surface area contributed by atoms with Crippen molar-refractivity contribution in [3.63, 3.8) is 0 Å². The molecule has 0 saturated heterocycles. The van der Waals surface area contributed by atoms with Gasteiger partial charge in [0.2, 0.25) is 0 Å². The van der Waals surface area contributed by atoms with E-state index in [-0.39, 0.29) is 5.69 Å². The minimum absolute atomic E-state index is 0.0107. The van der Waals surface area contributed by atoms with Crippen LogP contribution in [0.15, 0.2) is 79.4 Å². The monoisotopic (exact) mass is 421 g/mol. The fourth-order valence-electron chi connectivity index (χ4n) is 3.02. The lowest BCUT2D eigenvalue weighted by atomic mass is 10.2. The number of halogens is 2. The van der Waals surface area contributed by atoms with Crippen molar-refractivity contribution in [2.24, 2.45) is 0 Å². The number of urea groups is 1. The molecule has 2 aromatic carbocycles. The standard InChI is InChI=1S/C22H17ClFN5O/c23-17-4-5-19(24)20(13-17)28-22(30)27-18-3-1-2-15(12-18)14-29-11-10-26-21(29)16-6-8-25-9-7-16/h1-13H,14H2,(H2,27,28,30). The Morgan fingerprint density at radius 2 is 1.87 bits per heavy atom. The van der Waals surface area contributed by atoms with E-state index in [1.807, 2.05) is 41.1 Å². The first-order valence-electron chi connectivity index (χ1n) is 9.12. The van der Waals surface area contributed by atoms with Crippen LogP contribution in [-0.2, 0) is 6.54 Å². The molecule has 150 valence electrons. The van der Waals surface area contributed by atoms with Gasteiger partial charge in [-0.05, 0) is 48.0 Å². The SMILES string of the molecule is O=C(Nc1cccc(Cn2ccnc2-c2ccncc2)c1)Nc1cc(Cl)ccc1F.